The Morgan fingerprint density at radius 2 is 1.77 bits per heavy atom. The van der Waals surface area contributed by atoms with Crippen molar-refractivity contribution >= 4 is 33.4 Å². The highest BCUT2D eigenvalue weighted by atomic mass is 19.2. The van der Waals surface area contributed by atoms with Gasteiger partial charge in [-0.1, -0.05) is 48.5 Å². The molecule has 39 heavy (non-hydrogen) atoms. The number of carbonyl (C=O) groups excluding carboxylic acids is 1. The van der Waals surface area contributed by atoms with Crippen molar-refractivity contribution in [2.45, 2.75) is 6.42 Å². The number of fused-ring (bicyclic) bond motifs is 4. The number of nitrogens with one attached hydrogen (secondary N) is 2. The lowest BCUT2D eigenvalue weighted by Gasteiger charge is -2.06. The zero-order valence-electron chi connectivity index (χ0n) is 20.4. The maximum absolute atomic E-state index is 14.1. The highest BCUT2D eigenvalue weighted by Crippen LogP contribution is 2.30. The first-order chi connectivity index (χ1) is 19.0. The maximum Gasteiger partial charge on any atom is 0.214 e. The summed E-state index contributed by atoms with van der Waals surface area (Å²) in [6.07, 6.45) is 2.39. The zero-order valence-corrected chi connectivity index (χ0v) is 20.4. The molecule has 0 saturated carbocycles. The van der Waals surface area contributed by atoms with Crippen LogP contribution in [0.1, 0.15) is 27.2 Å². The van der Waals surface area contributed by atoms with Gasteiger partial charge >= 0.3 is 0 Å². The number of hydrogen-bond donors (Lipinski definition) is 2. The van der Waals surface area contributed by atoms with Gasteiger partial charge in [0.1, 0.15) is 5.75 Å². The summed E-state index contributed by atoms with van der Waals surface area (Å²) in [7, 11) is 0. The fourth-order valence-corrected chi connectivity index (χ4v) is 4.94. The SMILES string of the molecule is O=C(c1cc2c(Cc3ccccc3)cccc2[nH]1)c1c[nH]n2c1nc1cc(Oc3cccc(F)c3F)ccc12. The molecule has 6 nitrogen and oxygen atoms in total. The Kier molecular flexibility index (Phi) is 5.26. The lowest BCUT2D eigenvalue weighted by Crippen LogP contribution is -2.01. The molecule has 190 valence electrons. The molecule has 2 N–H and O–H groups in total. The summed E-state index contributed by atoms with van der Waals surface area (Å²) in [6, 6.07) is 26.8. The number of rotatable bonds is 6. The van der Waals surface area contributed by atoms with Gasteiger partial charge in [0.25, 0.3) is 0 Å². The summed E-state index contributed by atoms with van der Waals surface area (Å²) < 4.78 is 34.9. The van der Waals surface area contributed by atoms with Gasteiger partial charge < -0.3 is 9.72 Å². The molecular weight excluding hydrogens is 498 g/mol. The number of aromatic nitrogens is 4. The number of benzene rings is 4. The molecule has 0 aliphatic rings. The molecule has 0 spiro atoms. The molecule has 0 fully saturated rings. The first-order valence-corrected chi connectivity index (χ1v) is 12.4. The number of halogens is 2. The molecule has 7 aromatic rings. The average Bonchev–Trinajstić information content (AvgIpc) is 3.65. The van der Waals surface area contributed by atoms with Crippen molar-refractivity contribution < 1.29 is 18.3 Å². The minimum atomic E-state index is -1.06. The third-order valence-corrected chi connectivity index (χ3v) is 6.83. The minimum absolute atomic E-state index is 0.197. The van der Waals surface area contributed by atoms with Crippen LogP contribution in [0.2, 0.25) is 0 Å². The Balaban J connectivity index is 1.23. The topological polar surface area (TPSA) is 75.2 Å². The van der Waals surface area contributed by atoms with E-state index in [2.05, 4.69) is 33.3 Å². The normalized spacial score (nSPS) is 11.5. The molecule has 0 amide bonds. The van der Waals surface area contributed by atoms with E-state index in [1.54, 1.807) is 28.9 Å². The summed E-state index contributed by atoms with van der Waals surface area (Å²) in [5, 5.41) is 4.09. The van der Waals surface area contributed by atoms with E-state index in [-0.39, 0.29) is 11.5 Å². The molecule has 0 unspecified atom stereocenters. The molecule has 3 heterocycles. The average molecular weight is 519 g/mol. The van der Waals surface area contributed by atoms with Gasteiger partial charge in [-0.3, -0.25) is 9.89 Å². The van der Waals surface area contributed by atoms with E-state index in [0.717, 1.165) is 29.0 Å². The second kappa shape index (κ2) is 8.95. The predicted octanol–water partition coefficient (Wildman–Crippen LogP) is 7.19. The van der Waals surface area contributed by atoms with Crippen LogP contribution in [-0.2, 0) is 6.42 Å². The van der Waals surface area contributed by atoms with Crippen molar-refractivity contribution in [2.24, 2.45) is 0 Å². The van der Waals surface area contributed by atoms with Gasteiger partial charge in [-0.2, -0.15) is 4.39 Å². The second-order valence-electron chi connectivity index (χ2n) is 9.32. The van der Waals surface area contributed by atoms with Crippen molar-refractivity contribution in [2.75, 3.05) is 0 Å². The van der Waals surface area contributed by atoms with Gasteiger partial charge in [0.2, 0.25) is 11.6 Å². The molecule has 3 aromatic heterocycles. The summed E-state index contributed by atoms with van der Waals surface area (Å²) in [5.41, 5.74) is 5.77. The van der Waals surface area contributed by atoms with Gasteiger partial charge in [0.15, 0.2) is 17.2 Å². The Bertz CT molecular complexity index is 2020. The molecule has 7 rings (SSSR count). The highest BCUT2D eigenvalue weighted by Gasteiger charge is 2.21. The van der Waals surface area contributed by atoms with Gasteiger partial charge in [0.05, 0.1) is 22.3 Å². The summed E-state index contributed by atoms with van der Waals surface area (Å²) in [6.45, 7) is 0. The molecule has 0 bridgehead atoms. The zero-order chi connectivity index (χ0) is 26.5. The van der Waals surface area contributed by atoms with Crippen molar-refractivity contribution in [3.63, 3.8) is 0 Å². The summed E-state index contributed by atoms with van der Waals surface area (Å²) in [4.78, 5) is 21.5. The van der Waals surface area contributed by atoms with Crippen LogP contribution in [0.15, 0.2) is 97.2 Å². The minimum Gasteiger partial charge on any atom is -0.454 e. The monoisotopic (exact) mass is 518 g/mol. The Labute approximate surface area is 220 Å². The molecule has 8 heteroatoms. The maximum atomic E-state index is 14.1. The lowest BCUT2D eigenvalue weighted by molar-refractivity contribution is 0.103. The quantitative estimate of drug-likeness (QED) is 0.229. The first-order valence-electron chi connectivity index (χ1n) is 12.4. The fraction of sp³-hybridized carbons (Fsp3) is 0.0323. The van der Waals surface area contributed by atoms with Gasteiger partial charge in [-0.05, 0) is 53.9 Å². The smallest absolute Gasteiger partial charge is 0.214 e. The number of imidazole rings is 1. The van der Waals surface area contributed by atoms with Crippen molar-refractivity contribution in [3.05, 3.63) is 131 Å². The highest BCUT2D eigenvalue weighted by molar-refractivity contribution is 6.14. The second-order valence-corrected chi connectivity index (χ2v) is 9.32. The van der Waals surface area contributed by atoms with Crippen LogP contribution in [0.5, 0.6) is 11.5 Å². The van der Waals surface area contributed by atoms with Crippen LogP contribution in [0.25, 0.3) is 27.6 Å². The van der Waals surface area contributed by atoms with Crippen LogP contribution in [0, 0.1) is 11.6 Å². The largest absolute Gasteiger partial charge is 0.454 e. The molecular formula is C31H20F2N4O2. The van der Waals surface area contributed by atoms with E-state index < -0.39 is 11.6 Å². The van der Waals surface area contributed by atoms with Crippen LogP contribution < -0.4 is 4.74 Å². The molecule has 0 atom stereocenters. The number of carbonyl (C=O) groups is 1. The Hall–Kier alpha value is -5.24. The summed E-state index contributed by atoms with van der Waals surface area (Å²) >= 11 is 0. The van der Waals surface area contributed by atoms with Crippen LogP contribution >= 0.6 is 0 Å². The van der Waals surface area contributed by atoms with Crippen LogP contribution in [-0.4, -0.2) is 25.4 Å². The third-order valence-electron chi connectivity index (χ3n) is 6.83. The van der Waals surface area contributed by atoms with Crippen molar-refractivity contribution in [1.29, 1.82) is 0 Å². The van der Waals surface area contributed by atoms with E-state index in [9.17, 15) is 13.6 Å². The third kappa shape index (κ3) is 3.93. The van der Waals surface area contributed by atoms with E-state index in [4.69, 9.17) is 4.74 Å². The molecule has 0 radical (unpaired) electrons. The van der Waals surface area contributed by atoms with Crippen LogP contribution in [0.3, 0.4) is 0 Å². The summed E-state index contributed by atoms with van der Waals surface area (Å²) in [5.74, 6) is -2.18. The number of aromatic amines is 2. The number of hydrogen-bond acceptors (Lipinski definition) is 3. The number of ether oxygens (including phenoxy) is 1. The molecule has 4 aromatic carbocycles. The number of nitrogens with zero attached hydrogens (tertiary/aromatic N) is 2. The Morgan fingerprint density at radius 1 is 0.923 bits per heavy atom. The van der Waals surface area contributed by atoms with E-state index in [1.165, 1.54) is 17.7 Å². The van der Waals surface area contributed by atoms with Gasteiger partial charge in [-0.15, -0.1) is 0 Å². The molecule has 0 aliphatic heterocycles. The first kappa shape index (κ1) is 22.9. The van der Waals surface area contributed by atoms with E-state index in [0.29, 0.717) is 33.7 Å². The molecule has 0 saturated heterocycles. The van der Waals surface area contributed by atoms with E-state index >= 15 is 0 Å². The lowest BCUT2D eigenvalue weighted by atomic mass is 10.0. The van der Waals surface area contributed by atoms with Gasteiger partial charge in [-0.25, -0.2) is 13.9 Å². The van der Waals surface area contributed by atoms with Gasteiger partial charge in [0, 0.05) is 23.2 Å². The van der Waals surface area contributed by atoms with Crippen molar-refractivity contribution in [1.82, 2.24) is 19.6 Å². The van der Waals surface area contributed by atoms with E-state index in [1.807, 2.05) is 36.4 Å². The standard InChI is InChI=1S/C31H20F2N4O2/c32-23-9-5-11-28(29(23)33)39-20-12-13-27-25(15-20)36-31-22(17-34-37(27)31)30(38)26-16-21-19(8-4-10-24(21)35-26)14-18-6-2-1-3-7-18/h1-13,15-17,34-35H,14H2. The number of H-pyrrole nitrogens is 2. The Morgan fingerprint density at radius 3 is 2.64 bits per heavy atom. The number of ketones is 1. The molecule has 0 aliphatic carbocycles. The van der Waals surface area contributed by atoms with Crippen LogP contribution in [0.4, 0.5) is 8.78 Å². The predicted molar refractivity (Wildman–Crippen MR) is 144 cm³/mol. The fourth-order valence-electron chi connectivity index (χ4n) is 4.94. The van der Waals surface area contributed by atoms with Crippen molar-refractivity contribution in [3.8, 4) is 11.5 Å².